The number of hydrogen-bond acceptors (Lipinski definition) is 3. The minimum atomic E-state index is 0. The van der Waals surface area contributed by atoms with E-state index in [9.17, 15) is 0 Å². The van der Waals surface area contributed by atoms with Gasteiger partial charge in [-0.15, -0.1) is 0 Å². The van der Waals surface area contributed by atoms with Crippen LogP contribution >= 0.6 is 0 Å². The normalized spacial score (nSPS) is 12.8. The standard InChI is InChI=1S/C2H8N2.C2H4O.H2O/c3-1-2-4;1-2-3-1;/h1-4H2;1-2H2;1H2. The molecule has 0 aromatic carbocycles. The second-order valence-corrected chi connectivity index (χ2v) is 1.19. The first kappa shape index (κ1) is 10.8. The highest BCUT2D eigenvalue weighted by Gasteiger charge is 1.94. The summed E-state index contributed by atoms with van der Waals surface area (Å²) in [4.78, 5) is 0. The lowest BCUT2D eigenvalue weighted by Crippen LogP contribution is -2.11. The fourth-order valence-electron chi connectivity index (χ4n) is 0. The van der Waals surface area contributed by atoms with E-state index in [1.165, 1.54) is 0 Å². The smallest absolute Gasteiger partial charge is 0.0701 e. The van der Waals surface area contributed by atoms with E-state index in [1.54, 1.807) is 0 Å². The van der Waals surface area contributed by atoms with E-state index in [2.05, 4.69) is 4.74 Å². The first-order chi connectivity index (χ1) is 3.41. The molecule has 8 heavy (non-hydrogen) atoms. The summed E-state index contributed by atoms with van der Waals surface area (Å²) in [5.74, 6) is 0. The second-order valence-electron chi connectivity index (χ2n) is 1.19. The van der Waals surface area contributed by atoms with Crippen LogP contribution in [0.4, 0.5) is 0 Å². The molecule has 1 aliphatic heterocycles. The molecule has 0 saturated carbocycles. The lowest BCUT2D eigenvalue weighted by molar-refractivity contribution is 0.475. The summed E-state index contributed by atoms with van der Waals surface area (Å²) in [5, 5.41) is 0. The van der Waals surface area contributed by atoms with Crippen LogP contribution in [0, 0.1) is 0 Å². The van der Waals surface area contributed by atoms with Crippen molar-refractivity contribution in [2.75, 3.05) is 26.3 Å². The molecule has 0 bridgehead atoms. The van der Waals surface area contributed by atoms with Crippen LogP contribution in [0.3, 0.4) is 0 Å². The molecule has 1 rings (SSSR count). The SMILES string of the molecule is C1CO1.NCCN.O. The summed E-state index contributed by atoms with van der Waals surface area (Å²) in [6.07, 6.45) is 0. The van der Waals surface area contributed by atoms with E-state index in [-0.39, 0.29) is 5.48 Å². The maximum Gasteiger partial charge on any atom is 0.0701 e. The van der Waals surface area contributed by atoms with Crippen molar-refractivity contribution in [2.45, 2.75) is 0 Å². The lowest BCUT2D eigenvalue weighted by Gasteiger charge is -1.72. The summed E-state index contributed by atoms with van der Waals surface area (Å²) in [5.41, 5.74) is 9.81. The van der Waals surface area contributed by atoms with Gasteiger partial charge in [-0.25, -0.2) is 0 Å². The monoisotopic (exact) mass is 122 g/mol. The largest absolute Gasteiger partial charge is 0.412 e. The summed E-state index contributed by atoms with van der Waals surface area (Å²) < 4.78 is 4.50. The number of rotatable bonds is 1. The van der Waals surface area contributed by atoms with Gasteiger partial charge in [-0.3, -0.25) is 0 Å². The van der Waals surface area contributed by atoms with E-state index in [1.807, 2.05) is 0 Å². The van der Waals surface area contributed by atoms with Crippen molar-refractivity contribution in [1.29, 1.82) is 0 Å². The predicted molar refractivity (Wildman–Crippen MR) is 32.5 cm³/mol. The molecule has 0 aromatic rings. The van der Waals surface area contributed by atoms with Crippen LogP contribution in [0.1, 0.15) is 0 Å². The van der Waals surface area contributed by atoms with Gasteiger partial charge in [0, 0.05) is 13.1 Å². The molecule has 0 unspecified atom stereocenters. The molecule has 0 aliphatic carbocycles. The minimum absolute atomic E-state index is 0. The fraction of sp³-hybridized carbons (Fsp3) is 1.00. The van der Waals surface area contributed by atoms with Crippen LogP contribution in [0.2, 0.25) is 0 Å². The van der Waals surface area contributed by atoms with Crippen LogP contribution in [0.25, 0.3) is 0 Å². The van der Waals surface area contributed by atoms with Gasteiger partial charge in [0.05, 0.1) is 13.2 Å². The second kappa shape index (κ2) is 9.96. The summed E-state index contributed by atoms with van der Waals surface area (Å²) in [6.45, 7) is 3.19. The predicted octanol–water partition coefficient (Wildman–Crippen LogP) is -1.90. The van der Waals surface area contributed by atoms with Gasteiger partial charge in [0.25, 0.3) is 0 Å². The van der Waals surface area contributed by atoms with Gasteiger partial charge in [-0.05, 0) is 0 Å². The molecule has 1 aliphatic rings. The average Bonchev–Trinajstić information content (AvgIpc) is 2.47. The zero-order chi connectivity index (χ0) is 5.54. The van der Waals surface area contributed by atoms with Gasteiger partial charge >= 0.3 is 0 Å². The Morgan fingerprint density at radius 3 is 1.38 bits per heavy atom. The molecule has 1 saturated heterocycles. The van der Waals surface area contributed by atoms with Crippen molar-refractivity contribution in [3.05, 3.63) is 0 Å². The zero-order valence-electron chi connectivity index (χ0n) is 4.89. The van der Waals surface area contributed by atoms with Crippen molar-refractivity contribution in [3.63, 3.8) is 0 Å². The Kier molecular flexibility index (Phi) is 13.4. The van der Waals surface area contributed by atoms with Gasteiger partial charge < -0.3 is 21.7 Å². The third-order valence-corrected chi connectivity index (χ3v) is 0.371. The Bertz CT molecular complexity index is 28.5. The van der Waals surface area contributed by atoms with Gasteiger partial charge in [-0.1, -0.05) is 0 Å². The van der Waals surface area contributed by atoms with Crippen LogP contribution in [0.15, 0.2) is 0 Å². The van der Waals surface area contributed by atoms with E-state index >= 15 is 0 Å². The Morgan fingerprint density at radius 2 is 1.38 bits per heavy atom. The number of epoxide rings is 1. The van der Waals surface area contributed by atoms with E-state index < -0.39 is 0 Å². The minimum Gasteiger partial charge on any atom is -0.412 e. The molecule has 6 N–H and O–H groups in total. The van der Waals surface area contributed by atoms with Crippen molar-refractivity contribution < 1.29 is 10.2 Å². The Morgan fingerprint density at radius 1 is 1.12 bits per heavy atom. The highest BCUT2D eigenvalue weighted by Crippen LogP contribution is 1.84. The van der Waals surface area contributed by atoms with Gasteiger partial charge in [0.15, 0.2) is 0 Å². The molecule has 1 heterocycles. The fourth-order valence-corrected chi connectivity index (χ4v) is 0. The van der Waals surface area contributed by atoms with E-state index in [0.29, 0.717) is 13.1 Å². The third-order valence-electron chi connectivity index (χ3n) is 0.371. The van der Waals surface area contributed by atoms with Gasteiger partial charge in [-0.2, -0.15) is 0 Å². The Balaban J connectivity index is 0. The van der Waals surface area contributed by atoms with Gasteiger partial charge in [0.1, 0.15) is 0 Å². The van der Waals surface area contributed by atoms with Crippen LogP contribution in [-0.2, 0) is 4.74 Å². The molecule has 1 fully saturated rings. The molecule has 0 atom stereocenters. The average molecular weight is 122 g/mol. The van der Waals surface area contributed by atoms with E-state index in [0.717, 1.165) is 13.2 Å². The number of ether oxygens (including phenoxy) is 1. The van der Waals surface area contributed by atoms with Crippen molar-refractivity contribution in [1.82, 2.24) is 0 Å². The first-order valence-corrected chi connectivity index (χ1v) is 2.39. The number of hydrogen-bond donors (Lipinski definition) is 2. The summed E-state index contributed by atoms with van der Waals surface area (Å²) in [7, 11) is 0. The quantitative estimate of drug-likeness (QED) is 0.397. The maximum absolute atomic E-state index is 4.90. The lowest BCUT2D eigenvalue weighted by atomic mass is 10.7. The third kappa shape index (κ3) is 40.4. The van der Waals surface area contributed by atoms with Gasteiger partial charge in [0.2, 0.25) is 0 Å². The Labute approximate surface area is 49.1 Å². The van der Waals surface area contributed by atoms with Crippen molar-refractivity contribution in [3.8, 4) is 0 Å². The Hall–Kier alpha value is -0.160. The van der Waals surface area contributed by atoms with Crippen molar-refractivity contribution >= 4 is 0 Å². The molecule has 4 heteroatoms. The topological polar surface area (TPSA) is 96.1 Å². The first-order valence-electron chi connectivity index (χ1n) is 2.39. The van der Waals surface area contributed by atoms with E-state index in [4.69, 9.17) is 11.5 Å². The molecule has 0 spiro atoms. The van der Waals surface area contributed by atoms with Crippen LogP contribution < -0.4 is 11.5 Å². The molecular weight excluding hydrogens is 108 g/mol. The zero-order valence-corrected chi connectivity index (χ0v) is 4.89. The molecule has 0 aromatic heterocycles. The van der Waals surface area contributed by atoms with Crippen LogP contribution in [0.5, 0.6) is 0 Å². The molecule has 0 amide bonds. The summed E-state index contributed by atoms with van der Waals surface area (Å²) >= 11 is 0. The molecule has 52 valence electrons. The molecule has 4 nitrogen and oxygen atoms in total. The number of nitrogens with two attached hydrogens (primary N) is 2. The molecule has 0 radical (unpaired) electrons. The highest BCUT2D eigenvalue weighted by molar-refractivity contribution is 4.36. The van der Waals surface area contributed by atoms with Crippen molar-refractivity contribution in [2.24, 2.45) is 11.5 Å². The molecular formula is C4H14N2O2. The maximum atomic E-state index is 4.90. The highest BCUT2D eigenvalue weighted by atomic mass is 16.6. The van der Waals surface area contributed by atoms with Crippen LogP contribution in [-0.4, -0.2) is 31.8 Å². The summed E-state index contributed by atoms with van der Waals surface area (Å²) in [6, 6.07) is 0.